The van der Waals surface area contributed by atoms with Crippen LogP contribution in [0.5, 0.6) is 0 Å². The summed E-state index contributed by atoms with van der Waals surface area (Å²) in [7, 11) is 0. The first-order chi connectivity index (χ1) is 20.1. The van der Waals surface area contributed by atoms with E-state index in [1.807, 2.05) is 42.3 Å². The number of thiophene rings is 1. The number of hydrogen-bond donors (Lipinski definition) is 1. The maximum Gasteiger partial charge on any atom is 0.222 e. The maximum absolute atomic E-state index is 12.8. The molecule has 0 aliphatic carbocycles. The predicted octanol–water partition coefficient (Wildman–Crippen LogP) is 5.39. The van der Waals surface area contributed by atoms with E-state index in [1.165, 1.54) is 10.5 Å². The molecule has 0 unspecified atom stereocenters. The van der Waals surface area contributed by atoms with Gasteiger partial charge in [0.1, 0.15) is 0 Å². The van der Waals surface area contributed by atoms with Crippen molar-refractivity contribution in [3.8, 4) is 11.4 Å². The Labute approximate surface area is 242 Å². The number of fused-ring (bicyclic) bond motifs is 2. The molecule has 0 bridgehead atoms. The van der Waals surface area contributed by atoms with E-state index in [9.17, 15) is 9.59 Å². The number of morpholine rings is 1. The minimum Gasteiger partial charge on any atom is -0.378 e. The smallest absolute Gasteiger partial charge is 0.222 e. The summed E-state index contributed by atoms with van der Waals surface area (Å²) in [5, 5.41) is 8.26. The summed E-state index contributed by atoms with van der Waals surface area (Å²) in [6.07, 6.45) is 10.5. The number of aromatic amines is 1. The van der Waals surface area contributed by atoms with Gasteiger partial charge in [0.15, 0.2) is 17.4 Å². The fraction of sp³-hybridized carbons (Fsp3) is 0.387. The first kappa shape index (κ1) is 27.3. The van der Waals surface area contributed by atoms with Crippen LogP contribution in [0.25, 0.3) is 38.1 Å². The van der Waals surface area contributed by atoms with Crippen LogP contribution < -0.4 is 4.90 Å². The molecule has 0 saturated carbocycles. The number of carbonyl (C=O) groups excluding carboxylic acids is 2. The summed E-state index contributed by atoms with van der Waals surface area (Å²) >= 11 is 1.72. The Hall–Kier alpha value is -3.89. The van der Waals surface area contributed by atoms with E-state index in [4.69, 9.17) is 14.7 Å². The van der Waals surface area contributed by atoms with Crippen LogP contribution >= 0.6 is 11.3 Å². The van der Waals surface area contributed by atoms with Gasteiger partial charge in [-0.25, -0.2) is 9.97 Å². The number of nitrogens with one attached hydrogen (secondary N) is 1. The van der Waals surface area contributed by atoms with Crippen LogP contribution in [0.2, 0.25) is 0 Å². The summed E-state index contributed by atoms with van der Waals surface area (Å²) in [4.78, 5) is 40.1. The molecule has 1 amide bonds. The van der Waals surface area contributed by atoms with E-state index in [0.717, 1.165) is 58.4 Å². The monoisotopic (exact) mass is 570 g/mol. The van der Waals surface area contributed by atoms with Gasteiger partial charge in [-0.3, -0.25) is 14.7 Å². The Bertz CT molecular complexity index is 1630. The third-order valence-corrected chi connectivity index (χ3v) is 8.82. The lowest BCUT2D eigenvalue weighted by molar-refractivity contribution is -0.130. The number of nitrogens with zero attached hydrogens (tertiary/aromatic N) is 5. The number of ketones is 1. The minimum absolute atomic E-state index is 0.0920. The van der Waals surface area contributed by atoms with Crippen LogP contribution in [0.1, 0.15) is 43.9 Å². The van der Waals surface area contributed by atoms with E-state index in [-0.39, 0.29) is 11.7 Å². The summed E-state index contributed by atoms with van der Waals surface area (Å²) < 4.78 is 6.70. The minimum atomic E-state index is 0.0920. The largest absolute Gasteiger partial charge is 0.378 e. The first-order valence-electron chi connectivity index (χ1n) is 14.3. The molecule has 0 spiro atoms. The molecule has 10 heteroatoms. The fourth-order valence-electron chi connectivity index (χ4n) is 5.37. The quantitative estimate of drug-likeness (QED) is 0.269. The molecule has 0 atom stereocenters. The van der Waals surface area contributed by atoms with Gasteiger partial charge in [-0.05, 0) is 43.0 Å². The average molecular weight is 571 g/mol. The Kier molecular flexibility index (Phi) is 8.20. The number of ether oxygens (including phenoxy) is 1. The van der Waals surface area contributed by atoms with Crippen LogP contribution in [-0.2, 0) is 14.3 Å². The van der Waals surface area contributed by atoms with Gasteiger partial charge in [-0.1, -0.05) is 31.2 Å². The second-order valence-corrected chi connectivity index (χ2v) is 11.4. The molecule has 6 rings (SSSR count). The Morgan fingerprint density at radius 1 is 1.15 bits per heavy atom. The van der Waals surface area contributed by atoms with Gasteiger partial charge >= 0.3 is 0 Å². The molecule has 2 aliphatic heterocycles. The van der Waals surface area contributed by atoms with Crippen LogP contribution in [0.3, 0.4) is 0 Å². The highest BCUT2D eigenvalue weighted by Gasteiger charge is 2.23. The molecular weight excluding hydrogens is 536 g/mol. The topological polar surface area (TPSA) is 104 Å². The number of H-pyrrole nitrogens is 1. The van der Waals surface area contributed by atoms with Crippen molar-refractivity contribution >= 4 is 55.5 Å². The third-order valence-electron chi connectivity index (χ3n) is 7.62. The number of hydrogen-bond acceptors (Lipinski definition) is 8. The van der Waals surface area contributed by atoms with E-state index in [0.29, 0.717) is 51.4 Å². The van der Waals surface area contributed by atoms with Gasteiger partial charge in [0.25, 0.3) is 0 Å². The number of allylic oxidation sites excluding steroid dienone is 2. The van der Waals surface area contributed by atoms with Crippen molar-refractivity contribution in [1.29, 1.82) is 0 Å². The molecule has 2 aliphatic rings. The van der Waals surface area contributed by atoms with Gasteiger partial charge in [-0.15, -0.1) is 11.3 Å². The Balaban J connectivity index is 1.24. The molecule has 4 aromatic rings. The molecule has 1 N–H and O–H groups in total. The zero-order valence-electron chi connectivity index (χ0n) is 23.3. The van der Waals surface area contributed by atoms with Gasteiger partial charge in [0.2, 0.25) is 5.91 Å². The highest BCUT2D eigenvalue weighted by molar-refractivity contribution is 7.20. The molecule has 3 aromatic heterocycles. The third kappa shape index (κ3) is 5.94. The second-order valence-electron chi connectivity index (χ2n) is 10.4. The molecule has 1 aromatic carbocycles. The van der Waals surface area contributed by atoms with Crippen LogP contribution in [0.15, 0.2) is 48.7 Å². The van der Waals surface area contributed by atoms with Crippen LogP contribution in [-0.4, -0.2) is 76.1 Å². The normalized spacial score (nSPS) is 16.2. The molecule has 1 saturated heterocycles. The number of rotatable bonds is 9. The zero-order valence-corrected chi connectivity index (χ0v) is 24.1. The number of amides is 1. The van der Waals surface area contributed by atoms with Gasteiger partial charge in [-0.2, -0.15) is 5.10 Å². The number of benzene rings is 1. The van der Waals surface area contributed by atoms with Crippen molar-refractivity contribution in [3.63, 3.8) is 0 Å². The lowest BCUT2D eigenvalue weighted by atomic mass is 10.1. The predicted molar refractivity (Wildman–Crippen MR) is 163 cm³/mol. The van der Waals surface area contributed by atoms with Crippen molar-refractivity contribution in [2.45, 2.75) is 39.0 Å². The first-order valence-corrected chi connectivity index (χ1v) is 15.2. The van der Waals surface area contributed by atoms with Gasteiger partial charge < -0.3 is 14.5 Å². The second kappa shape index (κ2) is 12.3. The van der Waals surface area contributed by atoms with E-state index in [2.05, 4.69) is 27.2 Å². The molecule has 5 heterocycles. The molecule has 9 nitrogen and oxygen atoms in total. The van der Waals surface area contributed by atoms with E-state index < -0.39 is 0 Å². The van der Waals surface area contributed by atoms with Crippen molar-refractivity contribution in [1.82, 2.24) is 25.1 Å². The highest BCUT2D eigenvalue weighted by atomic mass is 32.1. The number of aromatic nitrogens is 4. The average Bonchev–Trinajstić information content (AvgIpc) is 3.67. The lowest BCUT2D eigenvalue weighted by Gasteiger charge is -2.28. The zero-order chi connectivity index (χ0) is 28.2. The van der Waals surface area contributed by atoms with Crippen molar-refractivity contribution < 1.29 is 14.3 Å². The summed E-state index contributed by atoms with van der Waals surface area (Å²) in [5.41, 5.74) is 4.08. The summed E-state index contributed by atoms with van der Waals surface area (Å²) in [6, 6.07) is 8.22. The van der Waals surface area contributed by atoms with Gasteiger partial charge in [0.05, 0.1) is 35.1 Å². The molecular formula is C31H34N6O3S. The SMILES string of the molecule is CC/C=C/C(=O)CCCC(=O)N1CC=C(c2cc3nc(-c4cccc5[nH]ncc45)nc(N4CCOCC4)c3s2)CC1. The van der Waals surface area contributed by atoms with Crippen LogP contribution in [0.4, 0.5) is 5.82 Å². The van der Waals surface area contributed by atoms with Crippen molar-refractivity contribution in [3.05, 3.63) is 53.6 Å². The number of anilines is 1. The summed E-state index contributed by atoms with van der Waals surface area (Å²) in [6.45, 7) is 6.19. The Morgan fingerprint density at radius 2 is 2.02 bits per heavy atom. The maximum atomic E-state index is 12.8. The highest BCUT2D eigenvalue weighted by Crippen LogP contribution is 2.39. The molecule has 212 valence electrons. The van der Waals surface area contributed by atoms with E-state index >= 15 is 0 Å². The fourth-order valence-corrected chi connectivity index (χ4v) is 6.55. The van der Waals surface area contributed by atoms with E-state index in [1.54, 1.807) is 17.4 Å². The van der Waals surface area contributed by atoms with Crippen molar-refractivity contribution in [2.75, 3.05) is 44.3 Å². The summed E-state index contributed by atoms with van der Waals surface area (Å²) in [5.74, 6) is 1.84. The van der Waals surface area contributed by atoms with Crippen LogP contribution in [0, 0.1) is 0 Å². The van der Waals surface area contributed by atoms with Crippen molar-refractivity contribution in [2.24, 2.45) is 0 Å². The Morgan fingerprint density at radius 3 is 2.83 bits per heavy atom. The molecule has 1 fully saturated rings. The standard InChI is InChI=1S/C31H34N6O3S/c1-2-3-6-22(38)7-4-10-28(39)36-13-11-21(12-14-36)27-19-26-29(41-27)31(37-15-17-40-18-16-37)34-30(33-26)23-8-5-9-25-24(23)20-32-35-25/h3,5-6,8-9,11,19-20H,2,4,7,10,12-18H2,1H3,(H,32,35)/b6-3+. The number of carbonyl (C=O) groups is 2. The molecule has 41 heavy (non-hydrogen) atoms. The lowest BCUT2D eigenvalue weighted by Crippen LogP contribution is -2.36. The molecule has 0 radical (unpaired) electrons. The van der Waals surface area contributed by atoms with Gasteiger partial charge in [0, 0.05) is 54.8 Å².